The first-order valence-electron chi connectivity index (χ1n) is 5.25. The van der Waals surface area contributed by atoms with Gasteiger partial charge in [0.1, 0.15) is 17.4 Å². The van der Waals surface area contributed by atoms with Crippen molar-refractivity contribution in [2.24, 2.45) is 0 Å². The lowest BCUT2D eigenvalue weighted by molar-refractivity contribution is -0.132. The van der Waals surface area contributed by atoms with Crippen LogP contribution in [-0.4, -0.2) is 18.2 Å². The van der Waals surface area contributed by atoms with E-state index in [1.54, 1.807) is 31.2 Å². The minimum Gasteiger partial charge on any atom is -0.496 e. The lowest BCUT2D eigenvalue weighted by Crippen LogP contribution is -2.03. The number of rotatable bonds is 4. The van der Waals surface area contributed by atoms with Crippen molar-refractivity contribution in [1.29, 1.82) is 5.26 Å². The van der Waals surface area contributed by atoms with E-state index < -0.39 is 5.97 Å². The number of hydrogen-bond donors (Lipinski definition) is 1. The lowest BCUT2D eigenvalue weighted by atomic mass is 9.97. The second kappa shape index (κ2) is 6.08. The van der Waals surface area contributed by atoms with Gasteiger partial charge in [0.05, 0.1) is 7.11 Å². The Morgan fingerprint density at radius 1 is 1.56 bits per heavy atom. The molecule has 0 heterocycles. The molecule has 94 valence electrons. The van der Waals surface area contributed by atoms with E-state index in [9.17, 15) is 4.79 Å². The zero-order chi connectivity index (χ0) is 13.7. The van der Waals surface area contributed by atoms with Gasteiger partial charge in [-0.3, -0.25) is 0 Å². The van der Waals surface area contributed by atoms with Gasteiger partial charge in [0.25, 0.3) is 0 Å². The lowest BCUT2D eigenvalue weighted by Gasteiger charge is -2.12. The summed E-state index contributed by atoms with van der Waals surface area (Å²) in [6, 6.07) is 6.59. The van der Waals surface area contributed by atoms with Crippen molar-refractivity contribution in [3.8, 4) is 11.8 Å². The zero-order valence-corrected chi connectivity index (χ0v) is 10.8. The Morgan fingerprint density at radius 3 is 2.67 bits per heavy atom. The molecule has 0 unspecified atom stereocenters. The molecular formula is C13H12ClNO3. The van der Waals surface area contributed by atoms with Gasteiger partial charge in [-0.2, -0.15) is 5.26 Å². The molecule has 5 heteroatoms. The van der Waals surface area contributed by atoms with Crippen LogP contribution in [0.5, 0.6) is 5.75 Å². The molecule has 0 saturated carbocycles. The fourth-order valence-electron chi connectivity index (χ4n) is 1.66. The maximum Gasteiger partial charge on any atom is 0.346 e. The third-order valence-electron chi connectivity index (χ3n) is 2.47. The first-order valence-corrected chi connectivity index (χ1v) is 5.63. The highest BCUT2D eigenvalue weighted by molar-refractivity contribution is 6.30. The Bertz CT molecular complexity index is 544. The largest absolute Gasteiger partial charge is 0.496 e. The fourth-order valence-corrected chi connectivity index (χ4v) is 1.83. The van der Waals surface area contributed by atoms with E-state index in [0.29, 0.717) is 28.3 Å². The van der Waals surface area contributed by atoms with Crippen LogP contribution >= 0.6 is 11.6 Å². The molecule has 1 aromatic carbocycles. The number of hydrogen-bond acceptors (Lipinski definition) is 3. The molecular weight excluding hydrogens is 254 g/mol. The van der Waals surface area contributed by atoms with Crippen LogP contribution in [0, 0.1) is 11.3 Å². The molecule has 0 aromatic heterocycles. The molecule has 1 rings (SSSR count). The van der Waals surface area contributed by atoms with Crippen molar-refractivity contribution >= 4 is 23.1 Å². The summed E-state index contributed by atoms with van der Waals surface area (Å²) >= 11 is 5.89. The second-order valence-electron chi connectivity index (χ2n) is 3.47. The van der Waals surface area contributed by atoms with Crippen molar-refractivity contribution in [1.82, 2.24) is 0 Å². The third-order valence-corrected chi connectivity index (χ3v) is 2.70. The predicted octanol–water partition coefficient (Wildman–Crippen LogP) is 3.12. The van der Waals surface area contributed by atoms with Gasteiger partial charge in [-0.1, -0.05) is 18.5 Å². The Morgan fingerprint density at radius 2 is 2.22 bits per heavy atom. The number of nitrogens with zero attached hydrogens (tertiary/aromatic N) is 1. The number of methoxy groups -OCH3 is 1. The van der Waals surface area contributed by atoms with Crippen LogP contribution in [0.2, 0.25) is 5.02 Å². The van der Waals surface area contributed by atoms with E-state index in [-0.39, 0.29) is 5.57 Å². The smallest absolute Gasteiger partial charge is 0.346 e. The Labute approximate surface area is 110 Å². The molecule has 1 aromatic rings. The van der Waals surface area contributed by atoms with Gasteiger partial charge in [0.15, 0.2) is 0 Å². The van der Waals surface area contributed by atoms with E-state index >= 15 is 0 Å². The van der Waals surface area contributed by atoms with Gasteiger partial charge in [-0.05, 0) is 30.2 Å². The van der Waals surface area contributed by atoms with Crippen LogP contribution in [0.4, 0.5) is 0 Å². The molecule has 18 heavy (non-hydrogen) atoms. The van der Waals surface area contributed by atoms with Gasteiger partial charge < -0.3 is 9.84 Å². The van der Waals surface area contributed by atoms with E-state index in [1.165, 1.54) is 7.11 Å². The number of aliphatic carboxylic acids is 1. The van der Waals surface area contributed by atoms with E-state index in [0.717, 1.165) is 0 Å². The molecule has 0 radical (unpaired) electrons. The Balaban J connectivity index is 3.56. The van der Waals surface area contributed by atoms with E-state index in [2.05, 4.69) is 0 Å². The van der Waals surface area contributed by atoms with Gasteiger partial charge in [-0.15, -0.1) is 0 Å². The summed E-state index contributed by atoms with van der Waals surface area (Å²) in [5, 5.41) is 18.4. The van der Waals surface area contributed by atoms with Crippen molar-refractivity contribution < 1.29 is 14.6 Å². The first kappa shape index (κ1) is 14.1. The minimum atomic E-state index is -1.25. The predicted molar refractivity (Wildman–Crippen MR) is 68.5 cm³/mol. The van der Waals surface area contributed by atoms with Crippen LogP contribution in [0.3, 0.4) is 0 Å². The fraction of sp³-hybridized carbons (Fsp3) is 0.231. The zero-order valence-electron chi connectivity index (χ0n) is 10.0. The molecule has 4 nitrogen and oxygen atoms in total. The molecule has 0 amide bonds. The van der Waals surface area contributed by atoms with Crippen molar-refractivity contribution in [3.63, 3.8) is 0 Å². The summed E-state index contributed by atoms with van der Waals surface area (Å²) in [6.07, 6.45) is 0.395. The average Bonchev–Trinajstić information content (AvgIpc) is 2.35. The highest BCUT2D eigenvalue weighted by Crippen LogP contribution is 2.32. The number of nitriles is 1. The molecule has 0 spiro atoms. The third kappa shape index (κ3) is 2.82. The summed E-state index contributed by atoms with van der Waals surface area (Å²) in [5.74, 6) is -0.762. The summed E-state index contributed by atoms with van der Waals surface area (Å²) in [5.41, 5.74) is 0.647. The van der Waals surface area contributed by atoms with E-state index in [1.807, 2.05) is 0 Å². The topological polar surface area (TPSA) is 70.3 Å². The average molecular weight is 266 g/mol. The van der Waals surface area contributed by atoms with Crippen LogP contribution in [-0.2, 0) is 4.79 Å². The van der Waals surface area contributed by atoms with Gasteiger partial charge in [0.2, 0.25) is 0 Å². The molecule has 0 bridgehead atoms. The first-order chi connectivity index (χ1) is 8.54. The molecule has 0 aliphatic carbocycles. The standard InChI is InChI=1S/C13H12ClNO3/c1-3-9(11(7-15)13(16)17)10-6-8(14)4-5-12(10)18-2/h4-6H,3H2,1-2H3,(H,16,17)/b11-9+. The second-order valence-corrected chi connectivity index (χ2v) is 3.91. The molecule has 0 aliphatic heterocycles. The SMILES string of the molecule is CC/C(=C(/C#N)C(=O)O)c1cc(Cl)ccc1OC. The van der Waals surface area contributed by atoms with Crippen molar-refractivity contribution in [2.45, 2.75) is 13.3 Å². The van der Waals surface area contributed by atoms with Crippen molar-refractivity contribution in [2.75, 3.05) is 7.11 Å². The quantitative estimate of drug-likeness (QED) is 0.671. The maximum absolute atomic E-state index is 11.0. The van der Waals surface area contributed by atoms with Gasteiger partial charge in [0, 0.05) is 10.6 Å². The number of halogens is 1. The minimum absolute atomic E-state index is 0.293. The van der Waals surface area contributed by atoms with Crippen molar-refractivity contribution in [3.05, 3.63) is 34.4 Å². The Hall–Kier alpha value is -1.99. The monoisotopic (exact) mass is 265 g/mol. The number of ether oxygens (including phenoxy) is 1. The van der Waals surface area contributed by atoms with Gasteiger partial charge >= 0.3 is 5.97 Å². The maximum atomic E-state index is 11.0. The number of allylic oxidation sites excluding steroid dienone is 1. The van der Waals surface area contributed by atoms with E-state index in [4.69, 9.17) is 26.7 Å². The molecule has 1 N–H and O–H groups in total. The summed E-state index contributed by atoms with van der Waals surface area (Å²) in [7, 11) is 1.48. The van der Waals surface area contributed by atoms with Crippen LogP contribution < -0.4 is 4.74 Å². The summed E-state index contributed by atoms with van der Waals surface area (Å²) in [6.45, 7) is 1.77. The normalized spacial score (nSPS) is 11.4. The molecule has 0 atom stereocenters. The highest BCUT2D eigenvalue weighted by Gasteiger charge is 2.17. The number of carboxylic acids is 1. The Kier molecular flexibility index (Phi) is 4.75. The molecule has 0 fully saturated rings. The number of carbonyl (C=O) groups is 1. The van der Waals surface area contributed by atoms with Crippen LogP contribution in [0.15, 0.2) is 23.8 Å². The summed E-state index contributed by atoms with van der Waals surface area (Å²) in [4.78, 5) is 11.0. The van der Waals surface area contributed by atoms with Crippen LogP contribution in [0.1, 0.15) is 18.9 Å². The summed E-state index contributed by atoms with van der Waals surface area (Å²) < 4.78 is 5.16. The highest BCUT2D eigenvalue weighted by atomic mass is 35.5. The molecule has 0 aliphatic rings. The molecule has 0 saturated heterocycles. The van der Waals surface area contributed by atoms with Gasteiger partial charge in [-0.25, -0.2) is 4.79 Å². The number of carboxylic acid groups (broad SMARTS) is 1. The van der Waals surface area contributed by atoms with Crippen LogP contribution in [0.25, 0.3) is 5.57 Å². The number of benzene rings is 1.